The van der Waals surface area contributed by atoms with Crippen LogP contribution in [0.2, 0.25) is 0 Å². The Morgan fingerprint density at radius 1 is 1.26 bits per heavy atom. The first-order chi connectivity index (χ1) is 11.1. The van der Waals surface area contributed by atoms with Crippen LogP contribution in [0.4, 0.5) is 0 Å². The van der Waals surface area contributed by atoms with Crippen LogP contribution in [0.25, 0.3) is 11.6 Å². The number of methoxy groups -OCH3 is 1. The molecule has 1 N–H and O–H groups in total. The number of hydrogen-bond donors (Lipinski definition) is 1. The van der Waals surface area contributed by atoms with Gasteiger partial charge in [0.1, 0.15) is 0 Å². The molecule has 4 nitrogen and oxygen atoms in total. The first-order valence-corrected chi connectivity index (χ1v) is 7.86. The van der Waals surface area contributed by atoms with E-state index in [0.29, 0.717) is 33.7 Å². The smallest absolute Gasteiger partial charge is 0.336 e. The van der Waals surface area contributed by atoms with Gasteiger partial charge in [-0.25, -0.2) is 4.79 Å². The van der Waals surface area contributed by atoms with Gasteiger partial charge in [-0.15, -0.1) is 0 Å². The maximum Gasteiger partial charge on any atom is 0.336 e. The van der Waals surface area contributed by atoms with E-state index in [2.05, 4.69) is 15.9 Å². The monoisotopic (exact) mass is 376 g/mol. The van der Waals surface area contributed by atoms with Gasteiger partial charge in [0.25, 0.3) is 0 Å². The molecule has 0 atom stereocenters. The summed E-state index contributed by atoms with van der Waals surface area (Å²) in [5.74, 6) is 0.162. The molecule has 0 saturated carbocycles. The van der Waals surface area contributed by atoms with Crippen LogP contribution < -0.4 is 9.47 Å². The van der Waals surface area contributed by atoms with E-state index in [4.69, 9.17) is 9.47 Å². The Kier molecular flexibility index (Phi) is 5.82. The van der Waals surface area contributed by atoms with Gasteiger partial charge in [-0.1, -0.05) is 30.3 Å². The summed E-state index contributed by atoms with van der Waals surface area (Å²) >= 11 is 3.43. The summed E-state index contributed by atoms with van der Waals surface area (Å²) in [7, 11) is 1.56. The highest BCUT2D eigenvalue weighted by molar-refractivity contribution is 9.10. The molecular formula is C18H17BrO4. The predicted octanol–water partition coefficient (Wildman–Crippen LogP) is 4.48. The van der Waals surface area contributed by atoms with Gasteiger partial charge in [0, 0.05) is 0 Å². The standard InChI is InChI=1S/C18H17BrO4/c1-3-23-16-11-12(10-15(19)17(16)22-2)9-14(18(20)21)13-7-5-4-6-8-13/h4-11H,3H2,1-2H3,(H,20,21)/b14-9+. The van der Waals surface area contributed by atoms with E-state index < -0.39 is 5.97 Å². The Bertz CT molecular complexity index is 723. The number of carboxylic acids is 1. The van der Waals surface area contributed by atoms with Gasteiger partial charge >= 0.3 is 5.97 Å². The summed E-state index contributed by atoms with van der Waals surface area (Å²) < 4.78 is 11.6. The lowest BCUT2D eigenvalue weighted by molar-refractivity contribution is -0.130. The molecule has 0 fully saturated rings. The molecule has 0 saturated heterocycles. The van der Waals surface area contributed by atoms with Gasteiger partial charge < -0.3 is 14.6 Å². The minimum Gasteiger partial charge on any atom is -0.492 e. The number of rotatable bonds is 6. The van der Waals surface area contributed by atoms with Crippen molar-refractivity contribution in [1.29, 1.82) is 0 Å². The predicted molar refractivity (Wildman–Crippen MR) is 93.8 cm³/mol. The van der Waals surface area contributed by atoms with Crippen LogP contribution in [0, 0.1) is 0 Å². The molecule has 2 aromatic carbocycles. The Balaban J connectivity index is 2.53. The van der Waals surface area contributed by atoms with Gasteiger partial charge in [-0.05, 0) is 52.2 Å². The van der Waals surface area contributed by atoms with Crippen LogP contribution in [0.1, 0.15) is 18.1 Å². The van der Waals surface area contributed by atoms with Gasteiger partial charge in [-0.2, -0.15) is 0 Å². The highest BCUT2D eigenvalue weighted by Crippen LogP contribution is 2.37. The number of carbonyl (C=O) groups is 1. The Morgan fingerprint density at radius 3 is 2.52 bits per heavy atom. The molecule has 120 valence electrons. The molecule has 5 heteroatoms. The highest BCUT2D eigenvalue weighted by atomic mass is 79.9. The number of carboxylic acid groups (broad SMARTS) is 1. The molecular weight excluding hydrogens is 360 g/mol. The fourth-order valence-electron chi connectivity index (χ4n) is 2.19. The van der Waals surface area contributed by atoms with Crippen LogP contribution in [0.3, 0.4) is 0 Å². The third-order valence-electron chi connectivity index (χ3n) is 3.16. The van der Waals surface area contributed by atoms with Crippen LogP contribution >= 0.6 is 15.9 Å². The lowest BCUT2D eigenvalue weighted by atomic mass is 10.0. The number of halogens is 1. The summed E-state index contributed by atoms with van der Waals surface area (Å²) in [6, 6.07) is 12.6. The molecule has 23 heavy (non-hydrogen) atoms. The second-order valence-electron chi connectivity index (χ2n) is 4.70. The van der Waals surface area contributed by atoms with E-state index in [1.165, 1.54) is 0 Å². The number of hydrogen-bond acceptors (Lipinski definition) is 3. The second kappa shape index (κ2) is 7.83. The minimum atomic E-state index is -0.985. The molecule has 0 spiro atoms. The van der Waals surface area contributed by atoms with Crippen molar-refractivity contribution in [3.63, 3.8) is 0 Å². The largest absolute Gasteiger partial charge is 0.492 e. The fourth-order valence-corrected chi connectivity index (χ4v) is 2.81. The summed E-state index contributed by atoms with van der Waals surface area (Å²) in [5.41, 5.74) is 1.57. The zero-order chi connectivity index (χ0) is 16.8. The molecule has 2 rings (SSSR count). The summed E-state index contributed by atoms with van der Waals surface area (Å²) in [6.07, 6.45) is 1.62. The summed E-state index contributed by atoms with van der Waals surface area (Å²) in [4.78, 5) is 11.6. The third kappa shape index (κ3) is 4.13. The molecule has 0 aliphatic carbocycles. The quantitative estimate of drug-likeness (QED) is 0.596. The normalized spacial score (nSPS) is 11.2. The molecule has 0 aliphatic heterocycles. The zero-order valence-electron chi connectivity index (χ0n) is 12.9. The lowest BCUT2D eigenvalue weighted by Gasteiger charge is -2.12. The fraction of sp³-hybridized carbons (Fsp3) is 0.167. The zero-order valence-corrected chi connectivity index (χ0v) is 14.5. The van der Waals surface area contributed by atoms with Crippen molar-refractivity contribution in [3.05, 3.63) is 58.1 Å². The lowest BCUT2D eigenvalue weighted by Crippen LogP contribution is -2.00. The topological polar surface area (TPSA) is 55.8 Å². The highest BCUT2D eigenvalue weighted by Gasteiger charge is 2.14. The second-order valence-corrected chi connectivity index (χ2v) is 5.55. The van der Waals surface area contributed by atoms with Crippen molar-refractivity contribution in [2.45, 2.75) is 6.92 Å². The van der Waals surface area contributed by atoms with E-state index in [9.17, 15) is 9.90 Å². The van der Waals surface area contributed by atoms with Crippen LogP contribution in [-0.2, 0) is 4.79 Å². The molecule has 0 unspecified atom stereocenters. The van der Waals surface area contributed by atoms with Gasteiger partial charge in [0.05, 0.1) is 23.8 Å². The number of benzene rings is 2. The molecule has 0 aliphatic rings. The van der Waals surface area contributed by atoms with Crippen molar-refractivity contribution in [3.8, 4) is 11.5 Å². The van der Waals surface area contributed by atoms with E-state index in [-0.39, 0.29) is 5.57 Å². The van der Waals surface area contributed by atoms with E-state index >= 15 is 0 Å². The van der Waals surface area contributed by atoms with Crippen molar-refractivity contribution < 1.29 is 19.4 Å². The first-order valence-electron chi connectivity index (χ1n) is 7.07. The average molecular weight is 377 g/mol. The van der Waals surface area contributed by atoms with Gasteiger partial charge in [0.2, 0.25) is 0 Å². The average Bonchev–Trinajstić information content (AvgIpc) is 2.53. The van der Waals surface area contributed by atoms with E-state index in [0.717, 1.165) is 0 Å². The van der Waals surface area contributed by atoms with Crippen LogP contribution in [-0.4, -0.2) is 24.8 Å². The van der Waals surface area contributed by atoms with E-state index in [1.807, 2.05) is 25.1 Å². The maximum absolute atomic E-state index is 11.6. The Labute approximate surface area is 143 Å². The van der Waals surface area contributed by atoms with Crippen molar-refractivity contribution in [1.82, 2.24) is 0 Å². The van der Waals surface area contributed by atoms with Crippen molar-refractivity contribution in [2.75, 3.05) is 13.7 Å². The summed E-state index contributed by atoms with van der Waals surface area (Å²) in [5, 5.41) is 9.49. The SMILES string of the molecule is CCOc1cc(/C=C(/C(=O)O)c2ccccc2)cc(Br)c1OC. The Hall–Kier alpha value is -2.27. The minimum absolute atomic E-state index is 0.213. The molecule has 0 bridgehead atoms. The van der Waals surface area contributed by atoms with Crippen molar-refractivity contribution >= 4 is 33.5 Å². The first kappa shape index (κ1) is 17.1. The molecule has 0 radical (unpaired) electrons. The third-order valence-corrected chi connectivity index (χ3v) is 3.75. The Morgan fingerprint density at radius 2 is 1.96 bits per heavy atom. The van der Waals surface area contributed by atoms with Gasteiger partial charge in [0.15, 0.2) is 11.5 Å². The number of aliphatic carboxylic acids is 1. The van der Waals surface area contributed by atoms with Crippen LogP contribution in [0.15, 0.2) is 46.9 Å². The van der Waals surface area contributed by atoms with E-state index in [1.54, 1.807) is 37.5 Å². The van der Waals surface area contributed by atoms with Gasteiger partial charge in [-0.3, -0.25) is 0 Å². The van der Waals surface area contributed by atoms with Crippen LogP contribution in [0.5, 0.6) is 11.5 Å². The molecule has 2 aromatic rings. The van der Waals surface area contributed by atoms with Crippen molar-refractivity contribution in [2.24, 2.45) is 0 Å². The maximum atomic E-state index is 11.6. The molecule has 0 aromatic heterocycles. The summed E-state index contributed by atoms with van der Waals surface area (Å²) in [6.45, 7) is 2.36. The molecule has 0 heterocycles. The molecule has 0 amide bonds. The number of ether oxygens (including phenoxy) is 2.